The molecule has 1 saturated carbocycles. The third-order valence-electron chi connectivity index (χ3n) is 1.54. The molecule has 0 bridgehead atoms. The molecule has 0 atom stereocenters. The lowest BCUT2D eigenvalue weighted by Gasteiger charge is -2.22. The van der Waals surface area contributed by atoms with Gasteiger partial charge in [-0.25, -0.2) is 3.89 Å². The lowest BCUT2D eigenvalue weighted by molar-refractivity contribution is -0.739. The largest absolute Gasteiger partial charge is 0.299 e. The number of sulfonamides is 1. The maximum absolute atomic E-state index is 11.5. The zero-order valence-corrected chi connectivity index (χ0v) is 7.40. The molecule has 1 aliphatic rings. The van der Waals surface area contributed by atoms with Gasteiger partial charge in [0.2, 0.25) is 0 Å². The second kappa shape index (κ2) is 1.95. The molecule has 0 spiro atoms. The van der Waals surface area contributed by atoms with E-state index in [2.05, 4.69) is 0 Å². The predicted molar refractivity (Wildman–Crippen MR) is 40.0 cm³/mol. The fourth-order valence-electron chi connectivity index (χ4n) is 0.696. The number of nitrogens with zero attached hydrogens (tertiary/aromatic N) is 1. The van der Waals surface area contributed by atoms with Crippen LogP contribution in [0.1, 0.15) is 14.2 Å². The molecular weight excluding hydrogens is 150 g/mol. The van der Waals surface area contributed by atoms with Crippen molar-refractivity contribution in [3.63, 3.8) is 0 Å². The lowest BCUT2D eigenvalue weighted by Crippen LogP contribution is -2.43. The molecule has 1 fully saturated rings. The van der Waals surface area contributed by atoms with Crippen LogP contribution in [0.4, 0.5) is 0 Å². The smallest absolute Gasteiger partial charge is 0.226 e. The van der Waals surface area contributed by atoms with Gasteiger partial charge in [0, 0.05) is 0 Å². The first-order valence-corrected chi connectivity index (χ1v) is 4.71. The molecule has 0 saturated heterocycles. The van der Waals surface area contributed by atoms with E-state index in [-0.39, 0.29) is 3.89 Å². The van der Waals surface area contributed by atoms with Crippen molar-refractivity contribution < 1.29 is 13.7 Å². The summed E-state index contributed by atoms with van der Waals surface area (Å²) < 4.78 is 30.4. The van der Waals surface area contributed by atoms with E-state index >= 15 is 0 Å². The molecule has 60 valence electrons. The van der Waals surface area contributed by atoms with Crippen LogP contribution >= 0.6 is 0 Å². The maximum atomic E-state index is 11.5. The summed E-state index contributed by atoms with van der Waals surface area (Å²) >= 11 is 0. The molecule has 10 heavy (non-hydrogen) atoms. The highest BCUT2D eigenvalue weighted by molar-refractivity contribution is 7.86. The normalized spacial score (nSPS) is 25.7. The fourth-order valence-corrected chi connectivity index (χ4v) is 2.09. The first-order valence-electron chi connectivity index (χ1n) is 3.77. The summed E-state index contributed by atoms with van der Waals surface area (Å²) in [6, 6.07) is 0. The van der Waals surface area contributed by atoms with Crippen molar-refractivity contribution in [2.75, 3.05) is 21.1 Å². The zero-order chi connectivity index (χ0) is 8.91. The van der Waals surface area contributed by atoms with E-state index in [1.807, 2.05) is 0 Å². The van der Waals surface area contributed by atoms with Gasteiger partial charge in [-0.2, -0.15) is 8.42 Å². The van der Waals surface area contributed by atoms with Crippen LogP contribution in [0.2, 0.25) is 0 Å². The lowest BCUT2D eigenvalue weighted by atomic mass is 11.0. The number of quaternary nitrogens is 1. The van der Waals surface area contributed by atoms with Crippen LogP contribution in [-0.2, 0) is 10.0 Å². The summed E-state index contributed by atoms with van der Waals surface area (Å²) in [5.41, 5.74) is 0. The fraction of sp³-hybridized carbons (Fsp3) is 1.00. The maximum Gasteiger partial charge on any atom is 0.299 e. The average molecular weight is 165 g/mol. The van der Waals surface area contributed by atoms with E-state index in [0.717, 1.165) is 0 Å². The van der Waals surface area contributed by atoms with E-state index in [9.17, 15) is 8.42 Å². The minimum Gasteiger partial charge on any atom is -0.226 e. The second-order valence-corrected chi connectivity index (χ2v) is 6.03. The highest BCUT2D eigenvalue weighted by Gasteiger charge is 2.44. The topological polar surface area (TPSA) is 34.1 Å². The van der Waals surface area contributed by atoms with E-state index in [4.69, 9.17) is 1.37 Å². The van der Waals surface area contributed by atoms with Crippen molar-refractivity contribution in [2.45, 2.75) is 18.1 Å². The van der Waals surface area contributed by atoms with Crippen molar-refractivity contribution in [2.24, 2.45) is 0 Å². The molecule has 1 rings (SSSR count). The summed E-state index contributed by atoms with van der Waals surface area (Å²) in [5.74, 6) is 0. The Hall–Kier alpha value is -0.0900. The Kier molecular flexibility index (Phi) is 1.29. The van der Waals surface area contributed by atoms with Gasteiger partial charge in [-0.3, -0.25) is 0 Å². The van der Waals surface area contributed by atoms with Gasteiger partial charge in [-0.1, -0.05) is 0 Å². The molecule has 0 aromatic rings. The Bertz CT molecular complexity index is 250. The van der Waals surface area contributed by atoms with E-state index in [0.29, 0.717) is 12.8 Å². The third kappa shape index (κ3) is 1.18. The van der Waals surface area contributed by atoms with Crippen LogP contribution in [0.15, 0.2) is 0 Å². The molecular formula is C6H14NO2S+. The van der Waals surface area contributed by atoms with Gasteiger partial charge < -0.3 is 0 Å². The summed E-state index contributed by atoms with van der Waals surface area (Å²) in [7, 11) is 1.46. The van der Waals surface area contributed by atoms with Gasteiger partial charge in [-0.05, 0) is 12.8 Å². The second-order valence-electron chi connectivity index (χ2n) is 3.40. The highest BCUT2D eigenvalue weighted by Crippen LogP contribution is 2.31. The Labute approximate surface area is 63.7 Å². The van der Waals surface area contributed by atoms with Gasteiger partial charge >= 0.3 is 0 Å². The Morgan fingerprint density at radius 2 is 1.80 bits per heavy atom. The average Bonchev–Trinajstić information content (AvgIpc) is 2.45. The van der Waals surface area contributed by atoms with E-state index in [1.54, 1.807) is 21.1 Å². The Morgan fingerprint density at radius 3 is 1.90 bits per heavy atom. The molecule has 3 nitrogen and oxygen atoms in total. The van der Waals surface area contributed by atoms with Crippen molar-refractivity contribution in [1.29, 1.82) is 0 Å². The molecule has 0 aromatic carbocycles. The standard InChI is InChI=1S/C6H14NO2S/c1-7(2,3)10(8,9)6-4-5-6/h6H,4-5H2,1-3H3/q+1/i6D. The van der Waals surface area contributed by atoms with Crippen LogP contribution in [-0.4, -0.2) is 38.7 Å². The van der Waals surface area contributed by atoms with Gasteiger partial charge in [0.15, 0.2) is 0 Å². The minimum atomic E-state index is -3.30. The summed E-state index contributed by atoms with van der Waals surface area (Å²) in [5, 5.41) is -1.18. The van der Waals surface area contributed by atoms with Crippen LogP contribution < -0.4 is 0 Å². The molecule has 0 radical (unpaired) electrons. The quantitative estimate of drug-likeness (QED) is 0.547. The molecule has 1 aliphatic carbocycles. The Morgan fingerprint density at radius 1 is 1.40 bits per heavy atom. The first kappa shape index (κ1) is 6.61. The highest BCUT2D eigenvalue weighted by atomic mass is 32.2. The van der Waals surface area contributed by atoms with Crippen molar-refractivity contribution >= 4 is 10.0 Å². The minimum absolute atomic E-state index is 0.142. The third-order valence-corrected chi connectivity index (χ3v) is 4.12. The van der Waals surface area contributed by atoms with E-state index < -0.39 is 15.2 Å². The van der Waals surface area contributed by atoms with Gasteiger partial charge in [0.25, 0.3) is 10.0 Å². The van der Waals surface area contributed by atoms with Crippen LogP contribution in [0, 0.1) is 0 Å². The first-order chi connectivity index (χ1) is 4.71. The van der Waals surface area contributed by atoms with Crippen LogP contribution in [0.25, 0.3) is 0 Å². The molecule has 0 N–H and O–H groups in total. The summed E-state index contributed by atoms with van der Waals surface area (Å²) in [4.78, 5) is 0. The zero-order valence-electron chi connectivity index (χ0n) is 7.59. The van der Waals surface area contributed by atoms with Gasteiger partial charge in [-0.15, -0.1) is 0 Å². The molecule has 0 aromatic heterocycles. The monoisotopic (exact) mass is 165 g/mol. The molecule has 0 aliphatic heterocycles. The number of rotatable bonds is 2. The van der Waals surface area contributed by atoms with E-state index in [1.165, 1.54) is 0 Å². The Balaban J connectivity index is 3.03. The molecule has 0 heterocycles. The van der Waals surface area contributed by atoms with Crippen molar-refractivity contribution in [3.05, 3.63) is 0 Å². The summed E-state index contributed by atoms with van der Waals surface area (Å²) in [6.45, 7) is 0. The number of hydrogen-bond donors (Lipinski definition) is 0. The van der Waals surface area contributed by atoms with Crippen molar-refractivity contribution in [1.82, 2.24) is 0 Å². The molecule has 4 heteroatoms. The SMILES string of the molecule is [2H]C1(S(=O)(=O)[N+](C)(C)C)CC1. The predicted octanol–water partition coefficient (Wildman–Crippen LogP) is 0.185. The summed E-state index contributed by atoms with van der Waals surface area (Å²) in [6.07, 6.45) is 0.982. The van der Waals surface area contributed by atoms with Gasteiger partial charge in [0.05, 0.1) is 22.5 Å². The van der Waals surface area contributed by atoms with Crippen LogP contribution in [0.3, 0.4) is 0 Å². The molecule has 0 unspecified atom stereocenters. The molecule has 0 amide bonds. The van der Waals surface area contributed by atoms with Crippen LogP contribution in [0.5, 0.6) is 0 Å². The number of hydrogen-bond acceptors (Lipinski definition) is 2. The van der Waals surface area contributed by atoms with Crippen molar-refractivity contribution in [3.8, 4) is 0 Å². The van der Waals surface area contributed by atoms with Gasteiger partial charge in [0.1, 0.15) is 5.23 Å².